The first-order valence-electron chi connectivity index (χ1n) is 17.7. The second kappa shape index (κ2) is 16.9. The maximum absolute atomic E-state index is 14.3. The Balaban J connectivity index is 1.48. The number of ether oxygens (including phenoxy) is 2. The zero-order valence-electron chi connectivity index (χ0n) is 29.7. The van der Waals surface area contributed by atoms with Crippen molar-refractivity contribution in [3.63, 3.8) is 0 Å². The van der Waals surface area contributed by atoms with Crippen LogP contribution in [0.15, 0.2) is 0 Å². The molecule has 0 aromatic rings. The Morgan fingerprint density at radius 1 is 1.02 bits per heavy atom. The van der Waals surface area contributed by atoms with Crippen LogP contribution in [-0.4, -0.2) is 127 Å². The summed E-state index contributed by atoms with van der Waals surface area (Å²) < 4.78 is 35.8. The van der Waals surface area contributed by atoms with Crippen LogP contribution < -0.4 is 0 Å². The molecule has 4 fully saturated rings. The molecule has 0 bridgehead atoms. The van der Waals surface area contributed by atoms with Gasteiger partial charge in [0, 0.05) is 26.3 Å². The molecule has 47 heavy (non-hydrogen) atoms. The molecule has 0 aliphatic carbocycles. The molecule has 14 heteroatoms. The zero-order valence-corrected chi connectivity index (χ0v) is 30.6. The summed E-state index contributed by atoms with van der Waals surface area (Å²) in [5, 5.41) is 1.20. The number of carbonyl (C=O) groups is 3. The third kappa shape index (κ3) is 10.2. The summed E-state index contributed by atoms with van der Waals surface area (Å²) in [7, 11) is -3.75. The minimum Gasteiger partial charge on any atom is -0.353 e. The predicted octanol–water partition coefficient (Wildman–Crippen LogP) is 4.25. The molecule has 4 rings (SSSR count). The molecule has 0 N–H and O–H groups in total. The fourth-order valence-electron chi connectivity index (χ4n) is 6.84. The van der Waals surface area contributed by atoms with E-state index in [1.54, 1.807) is 18.7 Å². The first kappa shape index (κ1) is 38.2. The zero-order chi connectivity index (χ0) is 34.4. The number of rotatable bonds is 16. The van der Waals surface area contributed by atoms with Crippen molar-refractivity contribution in [1.29, 1.82) is 0 Å². The Morgan fingerprint density at radius 2 is 1.72 bits per heavy atom. The van der Waals surface area contributed by atoms with E-state index < -0.39 is 38.0 Å². The Bertz CT molecular complexity index is 1100. The van der Waals surface area contributed by atoms with Gasteiger partial charge >= 0.3 is 7.60 Å². The van der Waals surface area contributed by atoms with Gasteiger partial charge in [0.05, 0.1) is 25.8 Å². The van der Waals surface area contributed by atoms with Crippen molar-refractivity contribution in [2.24, 2.45) is 11.3 Å². The van der Waals surface area contributed by atoms with Gasteiger partial charge in [-0.1, -0.05) is 34.6 Å². The summed E-state index contributed by atoms with van der Waals surface area (Å²) in [5.41, 5.74) is -0.273. The van der Waals surface area contributed by atoms with Crippen molar-refractivity contribution in [3.05, 3.63) is 0 Å². The standard InChI is InChI=1S/C33H59N4O9P/c1-8-44-47(41,45-9-2)23-29(38)37-28-22-35(25-20-34(21-25)15-11-13-17-43-30-14-10-12-16-42-30)31(39)26(19-33(5,6)7)36(28)32(40)27(46-37)18-24(3)4/h24-28,30H,8-23H2,1-7H3/t26-,27+,28-,30?/m0/s1. The molecule has 1 unspecified atom stereocenters. The summed E-state index contributed by atoms with van der Waals surface area (Å²) in [6.45, 7) is 17.6. The minimum absolute atomic E-state index is 0.0441. The summed E-state index contributed by atoms with van der Waals surface area (Å²) >= 11 is 0. The van der Waals surface area contributed by atoms with E-state index in [0.717, 1.165) is 58.3 Å². The van der Waals surface area contributed by atoms with Crippen LogP contribution in [0.2, 0.25) is 0 Å². The fraction of sp³-hybridized carbons (Fsp3) is 0.909. The SMILES string of the molecule is CCOP(=O)(CC(=O)N1O[C@H](CC(C)C)C(=O)N2[C@@H]1CN(C1CN(CCCCOC3CCCCO3)C1)C(=O)[C@@H]2CC(C)(C)C)OCC. The third-order valence-corrected chi connectivity index (χ3v) is 11.0. The molecular formula is C33H59N4O9P. The summed E-state index contributed by atoms with van der Waals surface area (Å²) in [6, 6.07) is -0.800. The predicted molar refractivity (Wildman–Crippen MR) is 176 cm³/mol. The molecule has 4 atom stereocenters. The molecule has 0 saturated carbocycles. The number of carbonyl (C=O) groups excluding carboxylic acids is 3. The fourth-order valence-corrected chi connectivity index (χ4v) is 8.36. The largest absolute Gasteiger partial charge is 0.353 e. The van der Waals surface area contributed by atoms with E-state index in [9.17, 15) is 18.9 Å². The monoisotopic (exact) mass is 686 g/mol. The van der Waals surface area contributed by atoms with E-state index in [2.05, 4.69) is 4.90 Å². The van der Waals surface area contributed by atoms with Crippen molar-refractivity contribution >= 4 is 25.3 Å². The van der Waals surface area contributed by atoms with Crippen molar-refractivity contribution < 1.29 is 42.3 Å². The maximum atomic E-state index is 14.3. The van der Waals surface area contributed by atoms with Crippen molar-refractivity contribution in [2.45, 2.75) is 124 Å². The van der Waals surface area contributed by atoms with Gasteiger partial charge in [-0.25, -0.2) is 0 Å². The number of fused-ring (bicyclic) bond motifs is 1. The first-order valence-corrected chi connectivity index (χ1v) is 19.4. The van der Waals surface area contributed by atoms with E-state index in [1.807, 2.05) is 39.5 Å². The molecule has 3 amide bonds. The lowest BCUT2D eigenvalue weighted by molar-refractivity contribution is -0.278. The summed E-state index contributed by atoms with van der Waals surface area (Å²) in [5.74, 6) is -0.876. The van der Waals surface area contributed by atoms with Gasteiger partial charge in [0.15, 0.2) is 18.6 Å². The molecule has 270 valence electrons. The molecule has 0 spiro atoms. The quantitative estimate of drug-likeness (QED) is 0.172. The Hall–Kier alpha value is -1.60. The van der Waals surface area contributed by atoms with Crippen LogP contribution in [0, 0.1) is 11.3 Å². The van der Waals surface area contributed by atoms with E-state index in [-0.39, 0.29) is 55.2 Å². The first-order chi connectivity index (χ1) is 22.2. The molecule has 4 aliphatic heterocycles. The van der Waals surface area contributed by atoms with E-state index in [0.29, 0.717) is 19.4 Å². The van der Waals surface area contributed by atoms with Gasteiger partial charge in [-0.3, -0.25) is 28.7 Å². The lowest BCUT2D eigenvalue weighted by Gasteiger charge is -2.57. The van der Waals surface area contributed by atoms with Crippen molar-refractivity contribution in [3.8, 4) is 0 Å². The van der Waals surface area contributed by atoms with Crippen LogP contribution in [0.1, 0.15) is 93.4 Å². The highest BCUT2D eigenvalue weighted by molar-refractivity contribution is 7.54. The van der Waals surface area contributed by atoms with Crippen LogP contribution in [-0.2, 0) is 42.3 Å². The number of hydrogen-bond acceptors (Lipinski definition) is 10. The molecule has 0 aromatic heterocycles. The average Bonchev–Trinajstić information content (AvgIpc) is 2.96. The number of hydroxylamine groups is 2. The van der Waals surface area contributed by atoms with Crippen LogP contribution in [0.25, 0.3) is 0 Å². The average molecular weight is 687 g/mol. The molecule has 4 saturated heterocycles. The highest BCUT2D eigenvalue weighted by Crippen LogP contribution is 2.48. The van der Waals surface area contributed by atoms with Crippen molar-refractivity contribution in [1.82, 2.24) is 19.8 Å². The molecule has 13 nitrogen and oxygen atoms in total. The van der Waals surface area contributed by atoms with E-state index >= 15 is 0 Å². The lowest BCUT2D eigenvalue weighted by atomic mass is 9.84. The third-order valence-electron chi connectivity index (χ3n) is 9.03. The van der Waals surface area contributed by atoms with Gasteiger partial charge in [0.2, 0.25) is 5.91 Å². The highest BCUT2D eigenvalue weighted by Gasteiger charge is 2.55. The smallest absolute Gasteiger partial charge is 0.340 e. The van der Waals surface area contributed by atoms with E-state index in [1.165, 1.54) is 5.06 Å². The van der Waals surface area contributed by atoms with Crippen LogP contribution in [0.5, 0.6) is 0 Å². The Morgan fingerprint density at radius 3 is 2.32 bits per heavy atom. The summed E-state index contributed by atoms with van der Waals surface area (Å²) in [4.78, 5) is 54.1. The van der Waals surface area contributed by atoms with Gasteiger partial charge in [-0.2, -0.15) is 5.06 Å². The second-order valence-corrected chi connectivity index (χ2v) is 16.9. The highest BCUT2D eigenvalue weighted by atomic mass is 31.2. The number of unbranched alkanes of at least 4 members (excludes halogenated alkanes) is 1. The summed E-state index contributed by atoms with van der Waals surface area (Å²) in [6.07, 6.45) is 3.55. The Kier molecular flexibility index (Phi) is 13.7. The topological polar surface area (TPSA) is 127 Å². The van der Waals surface area contributed by atoms with Gasteiger partial charge in [-0.05, 0) is 76.7 Å². The molecule has 4 heterocycles. The van der Waals surface area contributed by atoms with Gasteiger partial charge < -0.3 is 28.3 Å². The molecule has 4 aliphatic rings. The normalized spacial score (nSPS) is 26.6. The van der Waals surface area contributed by atoms with Crippen LogP contribution >= 0.6 is 7.60 Å². The second-order valence-electron chi connectivity index (χ2n) is 14.8. The van der Waals surface area contributed by atoms with Gasteiger partial charge in [0.25, 0.3) is 11.8 Å². The number of piperazine rings is 1. The van der Waals surface area contributed by atoms with Gasteiger partial charge in [0.1, 0.15) is 12.2 Å². The number of amides is 3. The Labute approximate surface area is 281 Å². The lowest BCUT2D eigenvalue weighted by Crippen LogP contribution is -2.76. The molecule has 0 aromatic carbocycles. The molecular weight excluding hydrogens is 627 g/mol. The minimum atomic E-state index is -3.75. The number of nitrogens with zero attached hydrogens (tertiary/aromatic N) is 4. The number of likely N-dealkylation sites (tertiary alicyclic amines) is 1. The van der Waals surface area contributed by atoms with Crippen molar-refractivity contribution in [2.75, 3.05) is 58.8 Å². The van der Waals surface area contributed by atoms with Gasteiger partial charge in [-0.15, -0.1) is 0 Å². The maximum Gasteiger partial charge on any atom is 0.340 e. The van der Waals surface area contributed by atoms with Crippen LogP contribution in [0.3, 0.4) is 0 Å². The number of hydrogen-bond donors (Lipinski definition) is 0. The molecule has 0 radical (unpaired) electrons. The van der Waals surface area contributed by atoms with Crippen LogP contribution in [0.4, 0.5) is 0 Å². The van der Waals surface area contributed by atoms with E-state index in [4.69, 9.17) is 23.4 Å².